The van der Waals surface area contributed by atoms with E-state index in [1.807, 2.05) is 42.5 Å². The van der Waals surface area contributed by atoms with Crippen LogP contribution >= 0.6 is 0 Å². The van der Waals surface area contributed by atoms with Crippen molar-refractivity contribution in [3.8, 4) is 17.1 Å². The fraction of sp³-hybridized carbons (Fsp3) is 0.273. The molecule has 4 rings (SSSR count). The van der Waals surface area contributed by atoms with E-state index < -0.39 is 0 Å². The number of rotatable bonds is 5. The van der Waals surface area contributed by atoms with Crippen LogP contribution in [0.5, 0.6) is 5.75 Å². The predicted octanol–water partition coefficient (Wildman–Crippen LogP) is 3.57. The standard InChI is InChI=1S/C22H24N4O2/c1-23-22(24-13-17-11-12-27-20-10-6-5-9-18(17)20)25-14-19-21(28-15-26-19)16-7-3-2-4-8-16/h2-10,15,17H,11-14H2,1H3,(H2,23,24,25). The lowest BCUT2D eigenvalue weighted by Gasteiger charge is -2.26. The Morgan fingerprint density at radius 1 is 1.11 bits per heavy atom. The van der Waals surface area contributed by atoms with Crippen LogP contribution in [0, 0.1) is 0 Å². The summed E-state index contributed by atoms with van der Waals surface area (Å²) in [6.07, 6.45) is 2.47. The molecule has 1 atom stereocenters. The lowest BCUT2D eigenvalue weighted by Crippen LogP contribution is -2.39. The molecule has 1 aliphatic rings. The first-order valence-electron chi connectivity index (χ1n) is 9.49. The monoisotopic (exact) mass is 376 g/mol. The summed E-state index contributed by atoms with van der Waals surface area (Å²) in [5.74, 6) is 2.90. The molecule has 3 aromatic rings. The Labute approximate surface area is 164 Å². The summed E-state index contributed by atoms with van der Waals surface area (Å²) in [5.41, 5.74) is 3.11. The molecule has 2 N–H and O–H groups in total. The van der Waals surface area contributed by atoms with E-state index in [1.54, 1.807) is 7.05 Å². The molecule has 6 nitrogen and oxygen atoms in total. The first-order valence-corrected chi connectivity index (χ1v) is 9.49. The predicted molar refractivity (Wildman–Crippen MR) is 109 cm³/mol. The molecule has 2 heterocycles. The number of hydrogen-bond acceptors (Lipinski definition) is 4. The molecule has 6 heteroatoms. The molecule has 2 aromatic carbocycles. The molecular formula is C22H24N4O2. The van der Waals surface area contributed by atoms with Crippen LogP contribution in [-0.4, -0.2) is 31.1 Å². The second kappa shape index (κ2) is 8.61. The van der Waals surface area contributed by atoms with E-state index in [2.05, 4.69) is 32.7 Å². The molecule has 1 unspecified atom stereocenters. The lowest BCUT2D eigenvalue weighted by atomic mass is 9.93. The molecule has 0 radical (unpaired) electrons. The van der Waals surface area contributed by atoms with Gasteiger partial charge in [0, 0.05) is 25.1 Å². The summed E-state index contributed by atoms with van der Waals surface area (Å²) in [5, 5.41) is 6.76. The fourth-order valence-corrected chi connectivity index (χ4v) is 3.46. The summed E-state index contributed by atoms with van der Waals surface area (Å²) in [7, 11) is 1.77. The van der Waals surface area contributed by atoms with Crippen molar-refractivity contribution in [1.82, 2.24) is 15.6 Å². The Morgan fingerprint density at radius 2 is 1.93 bits per heavy atom. The minimum Gasteiger partial charge on any atom is -0.493 e. The van der Waals surface area contributed by atoms with E-state index in [1.165, 1.54) is 12.0 Å². The summed E-state index contributed by atoms with van der Waals surface area (Å²) in [6.45, 7) is 2.07. The molecule has 0 amide bonds. The maximum absolute atomic E-state index is 5.75. The Bertz CT molecular complexity index is 936. The highest BCUT2D eigenvalue weighted by Gasteiger charge is 2.21. The van der Waals surface area contributed by atoms with E-state index in [0.717, 1.165) is 48.3 Å². The SMILES string of the molecule is CN=C(NCc1ncoc1-c1ccccc1)NCC1CCOc2ccccc21. The van der Waals surface area contributed by atoms with Crippen molar-refractivity contribution < 1.29 is 9.15 Å². The zero-order chi connectivity index (χ0) is 19.2. The number of guanidine groups is 1. The number of fused-ring (bicyclic) bond motifs is 1. The van der Waals surface area contributed by atoms with E-state index >= 15 is 0 Å². The summed E-state index contributed by atoms with van der Waals surface area (Å²) >= 11 is 0. The third-order valence-corrected chi connectivity index (χ3v) is 4.92. The molecule has 1 aromatic heterocycles. The summed E-state index contributed by atoms with van der Waals surface area (Å²) in [4.78, 5) is 8.69. The van der Waals surface area contributed by atoms with Crippen LogP contribution < -0.4 is 15.4 Å². The fourth-order valence-electron chi connectivity index (χ4n) is 3.46. The number of nitrogens with one attached hydrogen (secondary N) is 2. The van der Waals surface area contributed by atoms with Gasteiger partial charge in [0.2, 0.25) is 0 Å². The Balaban J connectivity index is 1.36. The molecule has 144 valence electrons. The van der Waals surface area contributed by atoms with Crippen molar-refractivity contribution >= 4 is 5.96 Å². The van der Waals surface area contributed by atoms with Crippen LogP contribution in [0.15, 0.2) is 70.4 Å². The summed E-state index contributed by atoms with van der Waals surface area (Å²) < 4.78 is 11.3. The Kier molecular flexibility index (Phi) is 5.56. The Hall–Kier alpha value is -3.28. The minimum absolute atomic E-state index is 0.399. The van der Waals surface area contributed by atoms with Gasteiger partial charge in [-0.05, 0) is 18.1 Å². The van der Waals surface area contributed by atoms with Gasteiger partial charge in [0.05, 0.1) is 13.2 Å². The van der Waals surface area contributed by atoms with Crippen LogP contribution in [-0.2, 0) is 6.54 Å². The molecule has 0 fully saturated rings. The van der Waals surface area contributed by atoms with Gasteiger partial charge in [-0.1, -0.05) is 48.5 Å². The third-order valence-electron chi connectivity index (χ3n) is 4.92. The average molecular weight is 376 g/mol. The van der Waals surface area contributed by atoms with Crippen molar-refractivity contribution in [3.05, 3.63) is 72.2 Å². The van der Waals surface area contributed by atoms with Crippen LogP contribution in [0.4, 0.5) is 0 Å². The number of aliphatic imine (C=N–C) groups is 1. The number of ether oxygens (including phenoxy) is 1. The number of aromatic nitrogens is 1. The van der Waals surface area contributed by atoms with Crippen LogP contribution in [0.25, 0.3) is 11.3 Å². The number of hydrogen-bond donors (Lipinski definition) is 2. The van der Waals surface area contributed by atoms with E-state index in [9.17, 15) is 0 Å². The van der Waals surface area contributed by atoms with Gasteiger partial charge in [-0.25, -0.2) is 4.98 Å². The van der Waals surface area contributed by atoms with Gasteiger partial charge in [-0.3, -0.25) is 4.99 Å². The van der Waals surface area contributed by atoms with Gasteiger partial charge >= 0.3 is 0 Å². The number of benzene rings is 2. The Morgan fingerprint density at radius 3 is 2.79 bits per heavy atom. The van der Waals surface area contributed by atoms with E-state index in [0.29, 0.717) is 12.5 Å². The van der Waals surface area contributed by atoms with E-state index in [4.69, 9.17) is 9.15 Å². The highest BCUT2D eigenvalue weighted by molar-refractivity contribution is 5.79. The van der Waals surface area contributed by atoms with Gasteiger partial charge in [0.25, 0.3) is 0 Å². The maximum atomic E-state index is 5.75. The second-order valence-electron chi connectivity index (χ2n) is 6.67. The van der Waals surface area contributed by atoms with Crippen molar-refractivity contribution in [2.75, 3.05) is 20.2 Å². The molecular weight excluding hydrogens is 352 g/mol. The van der Waals surface area contributed by atoms with Crippen LogP contribution in [0.1, 0.15) is 23.6 Å². The zero-order valence-electron chi connectivity index (χ0n) is 15.9. The molecule has 0 spiro atoms. The third kappa shape index (κ3) is 4.01. The number of para-hydroxylation sites is 1. The molecule has 0 saturated carbocycles. The average Bonchev–Trinajstić information content (AvgIpc) is 3.23. The maximum Gasteiger partial charge on any atom is 0.191 e. The second-order valence-corrected chi connectivity index (χ2v) is 6.67. The normalized spacial score (nSPS) is 16.2. The van der Waals surface area contributed by atoms with E-state index in [-0.39, 0.29) is 0 Å². The van der Waals surface area contributed by atoms with Crippen molar-refractivity contribution in [1.29, 1.82) is 0 Å². The number of nitrogens with zero attached hydrogens (tertiary/aromatic N) is 2. The molecule has 28 heavy (non-hydrogen) atoms. The van der Waals surface area contributed by atoms with Gasteiger partial charge < -0.3 is 19.8 Å². The molecule has 0 bridgehead atoms. The highest BCUT2D eigenvalue weighted by Crippen LogP contribution is 2.32. The molecule has 0 saturated heterocycles. The quantitative estimate of drug-likeness (QED) is 0.526. The van der Waals surface area contributed by atoms with Crippen molar-refractivity contribution in [3.63, 3.8) is 0 Å². The topological polar surface area (TPSA) is 71.7 Å². The van der Waals surface area contributed by atoms with Crippen LogP contribution in [0.3, 0.4) is 0 Å². The van der Waals surface area contributed by atoms with Crippen molar-refractivity contribution in [2.24, 2.45) is 4.99 Å². The first kappa shape index (κ1) is 18.1. The lowest BCUT2D eigenvalue weighted by molar-refractivity contribution is 0.267. The first-order chi connectivity index (χ1) is 13.8. The summed E-state index contributed by atoms with van der Waals surface area (Å²) in [6, 6.07) is 18.2. The highest BCUT2D eigenvalue weighted by atomic mass is 16.5. The van der Waals surface area contributed by atoms with Crippen molar-refractivity contribution in [2.45, 2.75) is 18.9 Å². The van der Waals surface area contributed by atoms with Crippen LogP contribution in [0.2, 0.25) is 0 Å². The minimum atomic E-state index is 0.399. The molecule has 0 aliphatic carbocycles. The van der Waals surface area contributed by atoms with Gasteiger partial charge in [-0.2, -0.15) is 0 Å². The molecule has 1 aliphatic heterocycles. The largest absolute Gasteiger partial charge is 0.493 e. The van der Waals surface area contributed by atoms with Gasteiger partial charge in [0.15, 0.2) is 18.1 Å². The smallest absolute Gasteiger partial charge is 0.191 e. The number of oxazole rings is 1. The van der Waals surface area contributed by atoms with Gasteiger partial charge in [0.1, 0.15) is 11.4 Å². The van der Waals surface area contributed by atoms with Gasteiger partial charge in [-0.15, -0.1) is 0 Å². The zero-order valence-corrected chi connectivity index (χ0v) is 15.9.